The predicted molar refractivity (Wildman–Crippen MR) is 82.0 cm³/mol. The molecule has 0 aliphatic heterocycles. The summed E-state index contributed by atoms with van der Waals surface area (Å²) in [6, 6.07) is 0. The monoisotopic (exact) mass is 268 g/mol. The molecule has 0 aliphatic carbocycles. The number of aliphatic imine (C=N–C) groups is 2. The third-order valence-electron chi connectivity index (χ3n) is 2.21. The van der Waals surface area contributed by atoms with E-state index in [2.05, 4.69) is 30.8 Å². The topological polar surface area (TPSA) is 80.0 Å². The molecule has 0 saturated heterocycles. The van der Waals surface area contributed by atoms with Gasteiger partial charge in [-0.2, -0.15) is 10.2 Å². The van der Waals surface area contributed by atoms with Gasteiger partial charge in [0.2, 0.25) is 11.9 Å². The highest BCUT2D eigenvalue weighted by molar-refractivity contribution is 6.29. The van der Waals surface area contributed by atoms with Crippen LogP contribution in [0, 0.1) is 0 Å². The third kappa shape index (κ3) is 5.84. The number of hydrogen-bond donors (Lipinski definition) is 2. The summed E-state index contributed by atoms with van der Waals surface area (Å²) in [5.41, 5.74) is 0.748. The van der Waals surface area contributed by atoms with Crippen molar-refractivity contribution >= 4 is 23.8 Å². The number of hydrogen-bond acceptors (Lipinski definition) is 4. The molecule has 0 bridgehead atoms. The molecule has 0 atom stereocenters. The second-order valence-electron chi connectivity index (χ2n) is 3.63. The summed E-state index contributed by atoms with van der Waals surface area (Å²) in [4.78, 5) is 8.09. The van der Waals surface area contributed by atoms with E-state index in [9.17, 15) is 0 Å². The SMILES string of the molecule is CN=C(NC)N(C)N=CC(C)=NN(C)C(=NC)NC. The van der Waals surface area contributed by atoms with Crippen LogP contribution in [0.1, 0.15) is 6.92 Å². The quantitative estimate of drug-likeness (QED) is 0.415. The van der Waals surface area contributed by atoms with E-state index < -0.39 is 0 Å². The van der Waals surface area contributed by atoms with Crippen LogP contribution in [0.3, 0.4) is 0 Å². The van der Waals surface area contributed by atoms with Gasteiger partial charge in [-0.3, -0.25) is 9.98 Å². The Hall–Kier alpha value is -2.12. The maximum atomic E-state index is 4.32. The van der Waals surface area contributed by atoms with Crippen molar-refractivity contribution in [2.45, 2.75) is 6.92 Å². The summed E-state index contributed by atoms with van der Waals surface area (Å²) in [5.74, 6) is 1.34. The molecule has 0 unspecified atom stereocenters. The summed E-state index contributed by atoms with van der Waals surface area (Å²) in [6.07, 6.45) is 1.65. The van der Waals surface area contributed by atoms with E-state index >= 15 is 0 Å². The molecule has 2 N–H and O–H groups in total. The number of nitrogens with one attached hydrogen (secondary N) is 2. The van der Waals surface area contributed by atoms with Gasteiger partial charge in [0.05, 0.1) is 11.9 Å². The molecule has 0 saturated carbocycles. The lowest BCUT2D eigenvalue weighted by molar-refractivity contribution is 0.520. The van der Waals surface area contributed by atoms with Crippen molar-refractivity contribution in [1.29, 1.82) is 0 Å². The molecule has 0 aromatic rings. The molecule has 19 heavy (non-hydrogen) atoms. The minimum absolute atomic E-state index is 0.670. The smallest absolute Gasteiger partial charge is 0.214 e. The van der Waals surface area contributed by atoms with E-state index in [4.69, 9.17) is 0 Å². The molecule has 8 heteroatoms. The Balaban J connectivity index is 4.72. The van der Waals surface area contributed by atoms with E-state index in [1.54, 1.807) is 51.5 Å². The maximum absolute atomic E-state index is 4.32. The van der Waals surface area contributed by atoms with Crippen LogP contribution in [0.4, 0.5) is 0 Å². The zero-order valence-corrected chi connectivity index (χ0v) is 12.8. The van der Waals surface area contributed by atoms with Gasteiger partial charge in [0, 0.05) is 42.3 Å². The zero-order valence-electron chi connectivity index (χ0n) is 12.8. The van der Waals surface area contributed by atoms with Crippen LogP contribution >= 0.6 is 0 Å². The number of hydrazone groups is 2. The molecule has 0 heterocycles. The second kappa shape index (κ2) is 8.90. The fraction of sp³-hybridized carbons (Fsp3) is 0.636. The zero-order chi connectivity index (χ0) is 14.8. The molecular weight excluding hydrogens is 244 g/mol. The maximum Gasteiger partial charge on any atom is 0.214 e. The van der Waals surface area contributed by atoms with Crippen molar-refractivity contribution < 1.29 is 0 Å². The van der Waals surface area contributed by atoms with E-state index in [-0.39, 0.29) is 0 Å². The van der Waals surface area contributed by atoms with Crippen LogP contribution in [0.15, 0.2) is 20.2 Å². The fourth-order valence-corrected chi connectivity index (χ4v) is 1.37. The minimum atomic E-state index is 0.670. The van der Waals surface area contributed by atoms with Gasteiger partial charge in [0.1, 0.15) is 0 Å². The van der Waals surface area contributed by atoms with Crippen LogP contribution < -0.4 is 10.6 Å². The Labute approximate surface area is 115 Å². The highest BCUT2D eigenvalue weighted by Crippen LogP contribution is 1.89. The van der Waals surface area contributed by atoms with E-state index in [1.165, 1.54) is 0 Å². The third-order valence-corrected chi connectivity index (χ3v) is 2.21. The molecule has 0 amide bonds. The molecule has 0 aromatic heterocycles. The van der Waals surface area contributed by atoms with Crippen LogP contribution in [0.25, 0.3) is 0 Å². The lowest BCUT2D eigenvalue weighted by atomic mass is 10.5. The molecule has 0 fully saturated rings. The Morgan fingerprint density at radius 3 is 1.84 bits per heavy atom. The first-order chi connectivity index (χ1) is 8.99. The number of nitrogens with zero attached hydrogens (tertiary/aromatic N) is 6. The van der Waals surface area contributed by atoms with Crippen molar-refractivity contribution in [3.8, 4) is 0 Å². The highest BCUT2D eigenvalue weighted by Gasteiger charge is 2.02. The van der Waals surface area contributed by atoms with Crippen LogP contribution in [-0.2, 0) is 0 Å². The van der Waals surface area contributed by atoms with E-state index in [0.717, 1.165) is 5.71 Å². The molecule has 8 nitrogen and oxygen atoms in total. The van der Waals surface area contributed by atoms with Gasteiger partial charge in [-0.25, -0.2) is 10.0 Å². The average molecular weight is 268 g/mol. The largest absolute Gasteiger partial charge is 0.358 e. The standard InChI is InChI=1S/C11H24N8/c1-9(17-19(7)11(14-4)15-5)8-16-18(6)10(12-2)13-3/h8H,1-7H3,(H,12,13)(H,14,15). The predicted octanol–water partition coefficient (Wildman–Crippen LogP) is -0.378. The van der Waals surface area contributed by atoms with Gasteiger partial charge >= 0.3 is 0 Å². The molecule has 0 radical (unpaired) electrons. The van der Waals surface area contributed by atoms with Crippen molar-refractivity contribution in [1.82, 2.24) is 20.7 Å². The van der Waals surface area contributed by atoms with Crippen LogP contribution in [0.2, 0.25) is 0 Å². The van der Waals surface area contributed by atoms with Crippen molar-refractivity contribution in [3.63, 3.8) is 0 Å². The first kappa shape index (κ1) is 16.9. The van der Waals surface area contributed by atoms with Gasteiger partial charge in [-0.05, 0) is 6.92 Å². The van der Waals surface area contributed by atoms with E-state index in [0.29, 0.717) is 11.9 Å². The van der Waals surface area contributed by atoms with Gasteiger partial charge < -0.3 is 10.6 Å². The summed E-state index contributed by atoms with van der Waals surface area (Å²) >= 11 is 0. The van der Waals surface area contributed by atoms with Crippen LogP contribution in [0.5, 0.6) is 0 Å². The Kier molecular flexibility index (Phi) is 7.90. The summed E-state index contributed by atoms with van der Waals surface area (Å²) in [7, 11) is 10.6. The summed E-state index contributed by atoms with van der Waals surface area (Å²) < 4.78 is 0. The number of rotatable bonds is 3. The lowest BCUT2D eigenvalue weighted by Gasteiger charge is -2.16. The molecule has 0 aliphatic rings. The van der Waals surface area contributed by atoms with Crippen molar-refractivity contribution in [2.75, 3.05) is 42.3 Å². The highest BCUT2D eigenvalue weighted by atomic mass is 15.5. The second-order valence-corrected chi connectivity index (χ2v) is 3.63. The van der Waals surface area contributed by atoms with Gasteiger partial charge in [0.15, 0.2) is 0 Å². The fourth-order valence-electron chi connectivity index (χ4n) is 1.37. The molecule has 108 valence electrons. The van der Waals surface area contributed by atoms with Crippen molar-refractivity contribution in [2.24, 2.45) is 20.2 Å². The van der Waals surface area contributed by atoms with Gasteiger partial charge in [-0.1, -0.05) is 0 Å². The summed E-state index contributed by atoms with van der Waals surface area (Å²) in [6.45, 7) is 1.86. The average Bonchev–Trinajstić information content (AvgIpc) is 2.39. The van der Waals surface area contributed by atoms with Gasteiger partial charge in [0.25, 0.3) is 0 Å². The first-order valence-corrected chi connectivity index (χ1v) is 5.85. The Bertz CT molecular complexity index is 382. The van der Waals surface area contributed by atoms with E-state index in [1.807, 2.05) is 14.0 Å². The van der Waals surface area contributed by atoms with Gasteiger partial charge in [-0.15, -0.1) is 0 Å². The molecule has 0 aromatic carbocycles. The summed E-state index contributed by atoms with van der Waals surface area (Å²) in [5, 5.41) is 17.7. The first-order valence-electron chi connectivity index (χ1n) is 5.85. The number of guanidine groups is 2. The normalized spacial score (nSPS) is 13.7. The molecule has 0 rings (SSSR count). The van der Waals surface area contributed by atoms with Crippen LogP contribution in [-0.4, -0.2) is 76.1 Å². The van der Waals surface area contributed by atoms with Crippen molar-refractivity contribution in [3.05, 3.63) is 0 Å². The lowest BCUT2D eigenvalue weighted by Crippen LogP contribution is -2.34. The molecular formula is C11H24N8. The molecule has 0 spiro atoms. The minimum Gasteiger partial charge on any atom is -0.358 e. The Morgan fingerprint density at radius 1 is 0.947 bits per heavy atom. The Morgan fingerprint density at radius 2 is 1.42 bits per heavy atom.